The van der Waals surface area contributed by atoms with Crippen LogP contribution in [-0.4, -0.2) is 19.3 Å². The zero-order valence-corrected chi connectivity index (χ0v) is 16.5. The minimum atomic E-state index is -4.07. The molecule has 3 rings (SSSR count). The minimum absolute atomic E-state index is 0.112. The fraction of sp³-hybridized carbons (Fsp3) is 0.111. The van der Waals surface area contributed by atoms with E-state index in [0.29, 0.717) is 4.88 Å². The van der Waals surface area contributed by atoms with Crippen molar-refractivity contribution in [1.29, 1.82) is 0 Å². The molecule has 29 heavy (non-hydrogen) atoms. The van der Waals surface area contributed by atoms with Crippen molar-refractivity contribution in [3.63, 3.8) is 0 Å². The Hall–Kier alpha value is -2.76. The van der Waals surface area contributed by atoms with Gasteiger partial charge in [-0.3, -0.25) is 9.78 Å². The summed E-state index contributed by atoms with van der Waals surface area (Å²) in [5, 5.41) is 2.20. The summed E-state index contributed by atoms with van der Waals surface area (Å²) in [4.78, 5) is 16.6. The molecule has 0 spiro atoms. The zero-order chi connectivity index (χ0) is 21.2. The van der Waals surface area contributed by atoms with Gasteiger partial charge < -0.3 is 5.32 Å². The van der Waals surface area contributed by atoms with Crippen LogP contribution in [0.15, 0.2) is 53.0 Å². The number of carbonyl (C=O) groups is 1. The lowest BCUT2D eigenvalue weighted by Gasteiger charge is -2.13. The third-order valence-electron chi connectivity index (χ3n) is 3.88. The molecule has 3 aromatic rings. The van der Waals surface area contributed by atoms with Gasteiger partial charge in [0.05, 0.1) is 22.0 Å². The topological polar surface area (TPSA) is 88.2 Å². The molecule has 1 amide bonds. The van der Waals surface area contributed by atoms with Crippen LogP contribution in [0.3, 0.4) is 0 Å². The number of sulfonamides is 1. The van der Waals surface area contributed by atoms with E-state index >= 15 is 0 Å². The SMILES string of the molecule is C[C@@H](NS(=O)(=O)c1ccc(F)c(C(=O)Nc2ccc(F)c(F)c2)c1)c1cncs1. The number of amides is 1. The fourth-order valence-electron chi connectivity index (χ4n) is 2.42. The third kappa shape index (κ3) is 4.81. The Morgan fingerprint density at radius 3 is 2.45 bits per heavy atom. The third-order valence-corrected chi connectivity index (χ3v) is 6.38. The number of thiazole rings is 1. The maximum Gasteiger partial charge on any atom is 0.258 e. The molecule has 0 bridgehead atoms. The summed E-state index contributed by atoms with van der Waals surface area (Å²) in [7, 11) is -4.07. The summed E-state index contributed by atoms with van der Waals surface area (Å²) < 4.78 is 68.0. The second-order valence-electron chi connectivity index (χ2n) is 5.97. The lowest BCUT2D eigenvalue weighted by Crippen LogP contribution is -2.27. The quantitative estimate of drug-likeness (QED) is 0.608. The molecule has 0 fully saturated rings. The average Bonchev–Trinajstić information content (AvgIpc) is 3.19. The Morgan fingerprint density at radius 2 is 1.79 bits per heavy atom. The zero-order valence-electron chi connectivity index (χ0n) is 14.8. The molecule has 1 heterocycles. The van der Waals surface area contributed by atoms with Gasteiger partial charge in [-0.05, 0) is 37.3 Å². The number of hydrogen-bond donors (Lipinski definition) is 2. The van der Waals surface area contributed by atoms with Gasteiger partial charge >= 0.3 is 0 Å². The minimum Gasteiger partial charge on any atom is -0.322 e. The fourth-order valence-corrected chi connectivity index (χ4v) is 4.37. The smallest absolute Gasteiger partial charge is 0.258 e. The first-order valence-corrected chi connectivity index (χ1v) is 10.5. The number of rotatable bonds is 6. The van der Waals surface area contributed by atoms with Crippen molar-refractivity contribution in [2.24, 2.45) is 0 Å². The Morgan fingerprint density at radius 1 is 1.07 bits per heavy atom. The van der Waals surface area contributed by atoms with Crippen molar-refractivity contribution >= 4 is 33.0 Å². The van der Waals surface area contributed by atoms with Gasteiger partial charge in [0.15, 0.2) is 11.6 Å². The molecule has 2 aromatic carbocycles. The summed E-state index contributed by atoms with van der Waals surface area (Å²) in [6.07, 6.45) is 1.52. The van der Waals surface area contributed by atoms with Crippen molar-refractivity contribution in [2.45, 2.75) is 17.9 Å². The Kier molecular flexibility index (Phi) is 6.01. The molecular formula is C18H14F3N3O3S2. The van der Waals surface area contributed by atoms with E-state index in [1.165, 1.54) is 17.5 Å². The molecule has 1 atom stereocenters. The van der Waals surface area contributed by atoms with E-state index in [9.17, 15) is 26.4 Å². The van der Waals surface area contributed by atoms with Crippen LogP contribution in [0, 0.1) is 17.5 Å². The standard InChI is InChI=1S/C18H14F3N3O3S2/c1-10(17-8-22-9-28-17)24-29(26,27)12-3-5-14(19)13(7-12)18(25)23-11-2-4-15(20)16(21)6-11/h2-10,24H,1H3,(H,23,25)/t10-/m1/s1. The van der Waals surface area contributed by atoms with Crippen LogP contribution >= 0.6 is 11.3 Å². The van der Waals surface area contributed by atoms with Crippen molar-refractivity contribution in [3.8, 4) is 0 Å². The highest BCUT2D eigenvalue weighted by Crippen LogP contribution is 2.22. The van der Waals surface area contributed by atoms with E-state index in [2.05, 4.69) is 15.0 Å². The first-order chi connectivity index (χ1) is 13.7. The Labute approximate surface area is 168 Å². The molecule has 0 aliphatic heterocycles. The number of halogens is 3. The monoisotopic (exact) mass is 441 g/mol. The summed E-state index contributed by atoms with van der Waals surface area (Å²) in [5.41, 5.74) is 0.875. The molecule has 0 unspecified atom stereocenters. The van der Waals surface area contributed by atoms with E-state index in [4.69, 9.17) is 0 Å². The number of nitrogens with one attached hydrogen (secondary N) is 2. The van der Waals surface area contributed by atoms with Gasteiger partial charge in [-0.2, -0.15) is 0 Å². The summed E-state index contributed by atoms with van der Waals surface area (Å²) >= 11 is 1.26. The lowest BCUT2D eigenvalue weighted by molar-refractivity contribution is 0.102. The molecule has 0 saturated carbocycles. The van der Waals surface area contributed by atoms with Gasteiger partial charge in [-0.1, -0.05) is 0 Å². The summed E-state index contributed by atoms with van der Waals surface area (Å²) in [6.45, 7) is 1.62. The second kappa shape index (κ2) is 8.31. The van der Waals surface area contributed by atoms with Crippen LogP contribution in [0.4, 0.5) is 18.9 Å². The van der Waals surface area contributed by atoms with Crippen LogP contribution in [0.25, 0.3) is 0 Å². The lowest BCUT2D eigenvalue weighted by atomic mass is 10.2. The van der Waals surface area contributed by atoms with Crippen molar-refractivity contribution in [1.82, 2.24) is 9.71 Å². The van der Waals surface area contributed by atoms with E-state index in [-0.39, 0.29) is 10.6 Å². The number of anilines is 1. The molecule has 0 aliphatic carbocycles. The number of hydrogen-bond acceptors (Lipinski definition) is 5. The second-order valence-corrected chi connectivity index (χ2v) is 8.60. The Balaban J connectivity index is 1.84. The molecule has 11 heteroatoms. The van der Waals surface area contributed by atoms with E-state index < -0.39 is 45.0 Å². The highest BCUT2D eigenvalue weighted by Gasteiger charge is 2.22. The maximum absolute atomic E-state index is 14.1. The normalized spacial score (nSPS) is 12.6. The molecular weight excluding hydrogens is 427 g/mol. The maximum atomic E-state index is 14.1. The van der Waals surface area contributed by atoms with E-state index in [0.717, 1.165) is 36.4 Å². The van der Waals surface area contributed by atoms with E-state index in [1.54, 1.807) is 12.4 Å². The average molecular weight is 441 g/mol. The summed E-state index contributed by atoms with van der Waals surface area (Å²) in [5.74, 6) is -4.29. The molecule has 0 radical (unpaired) electrons. The van der Waals surface area contributed by atoms with Gasteiger partial charge in [-0.25, -0.2) is 26.3 Å². The largest absolute Gasteiger partial charge is 0.322 e. The van der Waals surface area contributed by atoms with Crippen molar-refractivity contribution < 1.29 is 26.4 Å². The van der Waals surface area contributed by atoms with Gasteiger partial charge in [0.1, 0.15) is 5.82 Å². The van der Waals surface area contributed by atoms with Gasteiger partial charge in [0.2, 0.25) is 10.0 Å². The van der Waals surface area contributed by atoms with Crippen molar-refractivity contribution in [2.75, 3.05) is 5.32 Å². The summed E-state index contributed by atoms with van der Waals surface area (Å²) in [6, 6.07) is 4.76. The van der Waals surface area contributed by atoms with Crippen LogP contribution in [-0.2, 0) is 10.0 Å². The van der Waals surface area contributed by atoms with Crippen LogP contribution < -0.4 is 10.0 Å². The highest BCUT2D eigenvalue weighted by atomic mass is 32.2. The van der Waals surface area contributed by atoms with Gasteiger partial charge in [0.25, 0.3) is 5.91 Å². The first-order valence-electron chi connectivity index (χ1n) is 8.14. The predicted molar refractivity (Wildman–Crippen MR) is 102 cm³/mol. The molecule has 6 nitrogen and oxygen atoms in total. The van der Waals surface area contributed by atoms with Crippen molar-refractivity contribution in [3.05, 3.63) is 76.0 Å². The number of aromatic nitrogens is 1. The van der Waals surface area contributed by atoms with Crippen LogP contribution in [0.2, 0.25) is 0 Å². The molecule has 2 N–H and O–H groups in total. The molecule has 152 valence electrons. The molecule has 0 saturated heterocycles. The number of carbonyl (C=O) groups excluding carboxylic acids is 1. The van der Waals surface area contributed by atoms with Gasteiger partial charge in [0, 0.05) is 22.8 Å². The first kappa shape index (κ1) is 21.0. The number of nitrogens with zero attached hydrogens (tertiary/aromatic N) is 1. The molecule has 0 aliphatic rings. The van der Waals surface area contributed by atoms with Crippen LogP contribution in [0.1, 0.15) is 28.2 Å². The van der Waals surface area contributed by atoms with E-state index in [1.807, 2.05) is 0 Å². The van der Waals surface area contributed by atoms with Gasteiger partial charge in [-0.15, -0.1) is 11.3 Å². The molecule has 1 aromatic heterocycles. The number of benzene rings is 2. The van der Waals surface area contributed by atoms with Crippen LogP contribution in [0.5, 0.6) is 0 Å². The highest BCUT2D eigenvalue weighted by molar-refractivity contribution is 7.89. The Bertz CT molecular complexity index is 1150. The predicted octanol–water partition coefficient (Wildman–Crippen LogP) is 3.85.